The molecule has 0 heterocycles. The third kappa shape index (κ3) is 3.75. The lowest BCUT2D eigenvalue weighted by Crippen LogP contribution is -1.95. The van der Waals surface area contributed by atoms with Crippen LogP contribution in [0.4, 0.5) is 0 Å². The van der Waals surface area contributed by atoms with Gasteiger partial charge in [0.15, 0.2) is 0 Å². The van der Waals surface area contributed by atoms with E-state index in [9.17, 15) is 9.59 Å². The summed E-state index contributed by atoms with van der Waals surface area (Å²) in [4.78, 5) is 20.9. The van der Waals surface area contributed by atoms with Gasteiger partial charge in [0, 0.05) is 11.4 Å². The van der Waals surface area contributed by atoms with Gasteiger partial charge in [-0.05, 0) is 17.7 Å². The van der Waals surface area contributed by atoms with Crippen molar-refractivity contribution in [2.24, 2.45) is 4.40 Å². The van der Waals surface area contributed by atoms with Crippen LogP contribution in [-0.4, -0.2) is 11.2 Å². The summed E-state index contributed by atoms with van der Waals surface area (Å²) in [5, 5.41) is 0.370. The number of carbonyl (C=O) groups excluding carboxylic acids is 2. The Labute approximate surface area is 90.3 Å². The van der Waals surface area contributed by atoms with Crippen LogP contribution in [-0.2, 0) is 16.0 Å². The highest BCUT2D eigenvalue weighted by atomic mass is 35.5. The zero-order chi connectivity index (χ0) is 10.4. The molecule has 1 rings (SSSR count). The van der Waals surface area contributed by atoms with Crippen LogP contribution in [0.5, 0.6) is 0 Å². The van der Waals surface area contributed by atoms with Crippen molar-refractivity contribution >= 4 is 34.7 Å². The van der Waals surface area contributed by atoms with Gasteiger partial charge in [-0.2, -0.15) is 0 Å². The lowest BCUT2D eigenvalue weighted by molar-refractivity contribution is -0.110. The molecule has 0 aliphatic heterocycles. The number of carbonyl (C=O) groups is 1. The second-order valence-electron chi connectivity index (χ2n) is 2.45. The van der Waals surface area contributed by atoms with Gasteiger partial charge in [-0.15, -0.1) is 4.40 Å². The summed E-state index contributed by atoms with van der Waals surface area (Å²) in [6.07, 6.45) is 1.49. The van der Waals surface area contributed by atoms with Crippen molar-refractivity contribution in [3.05, 3.63) is 34.9 Å². The van der Waals surface area contributed by atoms with Crippen LogP contribution >= 0.6 is 23.5 Å². The summed E-state index contributed by atoms with van der Waals surface area (Å²) in [6.45, 7) is 0. The molecule has 0 amide bonds. The second kappa shape index (κ2) is 5.60. The summed E-state index contributed by atoms with van der Waals surface area (Å²) in [5.74, 6) is 0. The molecule has 1 aromatic rings. The minimum Gasteiger partial charge on any atom is -0.285 e. The number of rotatable bonds is 3. The summed E-state index contributed by atoms with van der Waals surface area (Å²) >= 11 is 6.33. The van der Waals surface area contributed by atoms with Crippen molar-refractivity contribution in [2.75, 3.05) is 0 Å². The largest absolute Gasteiger partial charge is 0.285 e. The Balaban J connectivity index is 2.60. The first kappa shape index (κ1) is 11.0. The smallest absolute Gasteiger partial charge is 0.247 e. The van der Waals surface area contributed by atoms with E-state index in [1.54, 1.807) is 24.3 Å². The molecular weight excluding hydrogens is 222 g/mol. The molecule has 0 spiro atoms. The Morgan fingerprint density at radius 3 is 3.00 bits per heavy atom. The maximum atomic E-state index is 11.1. The molecular formula is C9H6ClNO2S. The van der Waals surface area contributed by atoms with Crippen molar-refractivity contribution in [1.82, 2.24) is 0 Å². The lowest BCUT2D eigenvalue weighted by Gasteiger charge is -1.97. The van der Waals surface area contributed by atoms with E-state index >= 15 is 0 Å². The van der Waals surface area contributed by atoms with Crippen molar-refractivity contribution in [2.45, 2.75) is 6.42 Å². The molecule has 72 valence electrons. The number of hydrogen-bond donors (Lipinski definition) is 0. The number of halogens is 1. The molecule has 1 aromatic carbocycles. The zero-order valence-electron chi connectivity index (χ0n) is 7.07. The molecule has 0 saturated carbocycles. The van der Waals surface area contributed by atoms with Gasteiger partial charge in [0.25, 0.3) is 0 Å². The minimum absolute atomic E-state index is 0.205. The fourth-order valence-corrected chi connectivity index (χ4v) is 1.50. The molecule has 0 radical (unpaired) electrons. The van der Waals surface area contributed by atoms with Crippen LogP contribution in [0.2, 0.25) is 5.02 Å². The van der Waals surface area contributed by atoms with Gasteiger partial charge in [-0.25, -0.2) is 4.79 Å². The topological polar surface area (TPSA) is 46.5 Å². The lowest BCUT2D eigenvalue weighted by atomic mass is 10.2. The normalized spacial score (nSPS) is 9.21. The third-order valence-electron chi connectivity index (χ3n) is 1.42. The number of nitrogens with zero attached hydrogens (tertiary/aromatic N) is 1. The molecule has 0 fully saturated rings. The first-order valence-corrected chi connectivity index (χ1v) is 4.89. The van der Waals surface area contributed by atoms with E-state index in [-0.39, 0.29) is 11.5 Å². The Kier molecular flexibility index (Phi) is 4.40. The van der Waals surface area contributed by atoms with Crippen molar-refractivity contribution in [1.29, 1.82) is 0 Å². The highest BCUT2D eigenvalue weighted by molar-refractivity contribution is 8.12. The van der Waals surface area contributed by atoms with Crippen LogP contribution < -0.4 is 0 Å². The molecule has 0 aromatic heterocycles. The number of hydrogen-bond acceptors (Lipinski definition) is 4. The van der Waals surface area contributed by atoms with Gasteiger partial charge >= 0.3 is 0 Å². The highest BCUT2D eigenvalue weighted by Crippen LogP contribution is 2.14. The van der Waals surface area contributed by atoms with E-state index in [2.05, 4.69) is 4.40 Å². The molecule has 0 saturated heterocycles. The van der Waals surface area contributed by atoms with Crippen LogP contribution in [0, 0.1) is 0 Å². The first-order chi connectivity index (χ1) is 6.72. The van der Waals surface area contributed by atoms with Gasteiger partial charge in [-0.1, -0.05) is 23.7 Å². The maximum absolute atomic E-state index is 11.1. The van der Waals surface area contributed by atoms with Gasteiger partial charge in [0.2, 0.25) is 11.2 Å². The van der Waals surface area contributed by atoms with E-state index in [1.165, 1.54) is 6.08 Å². The van der Waals surface area contributed by atoms with E-state index in [0.717, 1.165) is 5.56 Å². The minimum atomic E-state index is -0.212. The van der Waals surface area contributed by atoms with Gasteiger partial charge in [-0.3, -0.25) is 4.79 Å². The Hall–Kier alpha value is -1.09. The van der Waals surface area contributed by atoms with Crippen molar-refractivity contribution in [3.8, 4) is 0 Å². The molecule has 0 aliphatic carbocycles. The molecule has 0 aliphatic rings. The third-order valence-corrected chi connectivity index (χ3v) is 2.17. The van der Waals surface area contributed by atoms with Gasteiger partial charge in [0.05, 0.1) is 11.9 Å². The summed E-state index contributed by atoms with van der Waals surface area (Å²) in [5.41, 5.74) is 0.802. The molecule has 0 unspecified atom stereocenters. The molecule has 5 heteroatoms. The molecule has 0 bridgehead atoms. The summed E-state index contributed by atoms with van der Waals surface area (Å²) in [7, 11) is 0. The monoisotopic (exact) mass is 227 g/mol. The molecule has 0 atom stereocenters. The zero-order valence-corrected chi connectivity index (χ0v) is 8.64. The summed E-state index contributed by atoms with van der Waals surface area (Å²) in [6, 6.07) is 6.98. The van der Waals surface area contributed by atoms with Crippen LogP contribution in [0.3, 0.4) is 0 Å². The van der Waals surface area contributed by atoms with Gasteiger partial charge < -0.3 is 0 Å². The maximum Gasteiger partial charge on any atom is 0.247 e. The van der Waals surface area contributed by atoms with Gasteiger partial charge in [0.1, 0.15) is 0 Å². The van der Waals surface area contributed by atoms with Crippen molar-refractivity contribution in [3.63, 3.8) is 0 Å². The summed E-state index contributed by atoms with van der Waals surface area (Å²) < 4.78 is 3.12. The quantitative estimate of drug-likeness (QED) is 0.453. The Morgan fingerprint density at radius 2 is 2.36 bits per heavy atom. The molecule has 14 heavy (non-hydrogen) atoms. The Morgan fingerprint density at radius 1 is 1.57 bits per heavy atom. The standard InChI is InChI=1S/C9H6ClNO2S/c10-8-3-1-2-7(4-8)5-9(13)14-11-6-12/h1-4H,5H2. The van der Waals surface area contributed by atoms with E-state index in [0.29, 0.717) is 17.0 Å². The van der Waals surface area contributed by atoms with E-state index in [1.807, 2.05) is 0 Å². The van der Waals surface area contributed by atoms with Crippen LogP contribution in [0.15, 0.2) is 28.7 Å². The van der Waals surface area contributed by atoms with Crippen molar-refractivity contribution < 1.29 is 9.59 Å². The number of isocyanates is 1. The molecule has 0 N–H and O–H groups in total. The van der Waals surface area contributed by atoms with E-state index < -0.39 is 0 Å². The predicted molar refractivity (Wildman–Crippen MR) is 55.9 cm³/mol. The molecule has 3 nitrogen and oxygen atoms in total. The highest BCUT2D eigenvalue weighted by Gasteiger charge is 2.03. The van der Waals surface area contributed by atoms with E-state index in [4.69, 9.17) is 11.6 Å². The SMILES string of the molecule is O=C=NSC(=O)Cc1cccc(Cl)c1. The number of benzene rings is 1. The first-order valence-electron chi connectivity index (χ1n) is 3.74. The second-order valence-corrected chi connectivity index (χ2v) is 3.71. The fourth-order valence-electron chi connectivity index (χ4n) is 0.915. The Bertz CT molecular complexity index is 388. The van der Waals surface area contributed by atoms with Crippen LogP contribution in [0.1, 0.15) is 5.56 Å². The predicted octanol–water partition coefficient (Wildman–Crippen LogP) is 2.39. The van der Waals surface area contributed by atoms with Crippen LogP contribution in [0.25, 0.3) is 0 Å². The average molecular weight is 228 g/mol. The average Bonchev–Trinajstić information content (AvgIpc) is 2.15. The fraction of sp³-hybridized carbons (Fsp3) is 0.111.